The van der Waals surface area contributed by atoms with Crippen LogP contribution in [0.4, 0.5) is 10.6 Å². The van der Waals surface area contributed by atoms with Crippen LogP contribution in [0.1, 0.15) is 61.1 Å². The number of urea groups is 1. The van der Waals surface area contributed by atoms with Gasteiger partial charge < -0.3 is 20.9 Å². The van der Waals surface area contributed by atoms with Crippen molar-refractivity contribution in [2.24, 2.45) is 0 Å². The number of carbonyl (C=O) groups is 2. The average molecular weight is 374 g/mol. The van der Waals surface area contributed by atoms with Gasteiger partial charge in [0.1, 0.15) is 5.82 Å². The van der Waals surface area contributed by atoms with E-state index < -0.39 is 0 Å². The number of hydrogen-bond acceptors (Lipinski definition) is 4. The molecule has 0 radical (unpaired) electrons. The van der Waals surface area contributed by atoms with E-state index in [1.54, 1.807) is 7.05 Å². The number of fused-ring (bicyclic) bond motifs is 1. The molecule has 7 heteroatoms. The number of rotatable bonds is 4. The first-order chi connectivity index (χ1) is 13.0. The van der Waals surface area contributed by atoms with Crippen LogP contribution in [0, 0.1) is 0 Å². The number of amides is 3. The number of anilines is 1. The van der Waals surface area contributed by atoms with E-state index in [1.807, 2.05) is 24.8 Å². The Hall–Kier alpha value is -2.31. The molecule has 3 rings (SSSR count). The zero-order chi connectivity index (χ0) is 19.4. The van der Waals surface area contributed by atoms with Crippen molar-refractivity contribution in [2.75, 3.05) is 25.5 Å². The Bertz CT molecular complexity index is 698. The summed E-state index contributed by atoms with van der Waals surface area (Å²) >= 11 is 0. The molecule has 7 nitrogen and oxygen atoms in total. The zero-order valence-electron chi connectivity index (χ0n) is 16.6. The average Bonchev–Trinajstić information content (AvgIpc) is 3.05. The van der Waals surface area contributed by atoms with Crippen LogP contribution < -0.4 is 16.0 Å². The minimum Gasteiger partial charge on any atom is -0.367 e. The summed E-state index contributed by atoms with van der Waals surface area (Å²) < 4.78 is 0. The molecule has 3 amide bonds. The van der Waals surface area contributed by atoms with Gasteiger partial charge in [-0.1, -0.05) is 12.8 Å². The highest BCUT2D eigenvalue weighted by Gasteiger charge is 2.25. The lowest BCUT2D eigenvalue weighted by Crippen LogP contribution is -2.45. The van der Waals surface area contributed by atoms with Crippen molar-refractivity contribution >= 4 is 17.8 Å². The van der Waals surface area contributed by atoms with Gasteiger partial charge in [0, 0.05) is 44.3 Å². The Morgan fingerprint density at radius 1 is 1.19 bits per heavy atom. The van der Waals surface area contributed by atoms with Crippen molar-refractivity contribution in [3.8, 4) is 0 Å². The molecule has 1 aromatic rings. The Labute approximate surface area is 161 Å². The Morgan fingerprint density at radius 3 is 2.56 bits per heavy atom. The molecular weight excluding hydrogens is 342 g/mol. The molecule has 0 spiro atoms. The number of aromatic nitrogens is 1. The molecule has 2 aliphatic rings. The summed E-state index contributed by atoms with van der Waals surface area (Å²) in [6, 6.07) is 2.47. The minimum absolute atomic E-state index is 0.0294. The fraction of sp³-hybridized carbons (Fsp3) is 0.650. The number of pyridine rings is 1. The summed E-state index contributed by atoms with van der Waals surface area (Å²) in [4.78, 5) is 31.5. The summed E-state index contributed by atoms with van der Waals surface area (Å²) in [5, 5.41) is 9.14. The quantitative estimate of drug-likeness (QED) is 0.756. The lowest BCUT2D eigenvalue weighted by atomic mass is 10.0. The summed E-state index contributed by atoms with van der Waals surface area (Å²) in [6.07, 6.45) is 5.99. The SMILES string of the molecule is CNC(=O)c1cc2c(nc1NC(C)C)CCN(C(=O)NC1CCCC1)CC2. The summed E-state index contributed by atoms with van der Waals surface area (Å²) in [7, 11) is 1.63. The van der Waals surface area contributed by atoms with E-state index in [1.165, 1.54) is 12.8 Å². The first-order valence-electron chi connectivity index (χ1n) is 10.0. The van der Waals surface area contributed by atoms with Crippen molar-refractivity contribution < 1.29 is 9.59 Å². The molecule has 1 aliphatic heterocycles. The topological polar surface area (TPSA) is 86.4 Å². The molecule has 0 unspecified atom stereocenters. The fourth-order valence-electron chi connectivity index (χ4n) is 3.86. The molecule has 1 fully saturated rings. The maximum atomic E-state index is 12.6. The lowest BCUT2D eigenvalue weighted by Gasteiger charge is -2.23. The highest BCUT2D eigenvalue weighted by molar-refractivity contribution is 5.98. The molecule has 0 aromatic carbocycles. The lowest BCUT2D eigenvalue weighted by molar-refractivity contribution is 0.0963. The van der Waals surface area contributed by atoms with Gasteiger partial charge in [0.2, 0.25) is 0 Å². The molecule has 148 valence electrons. The summed E-state index contributed by atoms with van der Waals surface area (Å²) in [6.45, 7) is 5.35. The van der Waals surface area contributed by atoms with Gasteiger partial charge in [0.15, 0.2) is 0 Å². The van der Waals surface area contributed by atoms with Crippen molar-refractivity contribution in [2.45, 2.75) is 64.5 Å². The van der Waals surface area contributed by atoms with E-state index in [9.17, 15) is 9.59 Å². The molecule has 3 N–H and O–H groups in total. The fourth-order valence-corrected chi connectivity index (χ4v) is 3.86. The summed E-state index contributed by atoms with van der Waals surface area (Å²) in [5.41, 5.74) is 2.59. The predicted octanol–water partition coefficient (Wildman–Crippen LogP) is 2.31. The van der Waals surface area contributed by atoms with Crippen LogP contribution in [0.5, 0.6) is 0 Å². The maximum absolute atomic E-state index is 12.6. The summed E-state index contributed by atoms with van der Waals surface area (Å²) in [5.74, 6) is 0.473. The highest BCUT2D eigenvalue weighted by atomic mass is 16.2. The van der Waals surface area contributed by atoms with Gasteiger partial charge in [-0.15, -0.1) is 0 Å². The van der Waals surface area contributed by atoms with E-state index >= 15 is 0 Å². The van der Waals surface area contributed by atoms with E-state index in [0.29, 0.717) is 43.4 Å². The second-order valence-electron chi connectivity index (χ2n) is 7.79. The van der Waals surface area contributed by atoms with Crippen LogP contribution in [0.15, 0.2) is 6.07 Å². The molecule has 1 aromatic heterocycles. The first kappa shape index (κ1) is 19.5. The molecule has 2 heterocycles. The predicted molar refractivity (Wildman–Crippen MR) is 106 cm³/mol. The molecule has 1 saturated carbocycles. The van der Waals surface area contributed by atoms with Gasteiger partial charge in [-0.3, -0.25) is 4.79 Å². The van der Waals surface area contributed by atoms with Crippen LogP contribution in [-0.4, -0.2) is 54.0 Å². The van der Waals surface area contributed by atoms with Crippen molar-refractivity contribution in [1.29, 1.82) is 0 Å². The molecule has 0 saturated heterocycles. The molecular formula is C20H31N5O2. The second kappa shape index (κ2) is 8.59. The number of hydrogen-bond donors (Lipinski definition) is 3. The molecule has 0 bridgehead atoms. The Kier molecular flexibility index (Phi) is 6.19. The van der Waals surface area contributed by atoms with Crippen LogP contribution in [0.3, 0.4) is 0 Å². The van der Waals surface area contributed by atoms with E-state index in [0.717, 1.165) is 24.1 Å². The number of nitrogens with one attached hydrogen (secondary N) is 3. The van der Waals surface area contributed by atoms with Gasteiger partial charge in [-0.25, -0.2) is 9.78 Å². The third-order valence-corrected chi connectivity index (χ3v) is 5.33. The Balaban J connectivity index is 1.75. The third kappa shape index (κ3) is 4.70. The largest absolute Gasteiger partial charge is 0.367 e. The first-order valence-corrected chi connectivity index (χ1v) is 10.0. The smallest absolute Gasteiger partial charge is 0.317 e. The standard InChI is InChI=1S/C20H31N5O2/c1-13(2)22-18-16(19(26)21-3)12-14-8-10-25(11-9-17(14)24-18)20(27)23-15-6-4-5-7-15/h12-13,15H,4-11H2,1-3H3,(H,21,26)(H,22,24)(H,23,27). The van der Waals surface area contributed by atoms with Crippen molar-refractivity contribution in [1.82, 2.24) is 20.5 Å². The van der Waals surface area contributed by atoms with E-state index in [2.05, 4.69) is 16.0 Å². The number of carbonyl (C=O) groups excluding carboxylic acids is 2. The van der Waals surface area contributed by atoms with Gasteiger partial charge in [-0.05, 0) is 44.7 Å². The van der Waals surface area contributed by atoms with Crippen LogP contribution in [0.2, 0.25) is 0 Å². The maximum Gasteiger partial charge on any atom is 0.317 e. The van der Waals surface area contributed by atoms with Gasteiger partial charge in [0.05, 0.1) is 5.56 Å². The van der Waals surface area contributed by atoms with Crippen LogP contribution in [-0.2, 0) is 12.8 Å². The van der Waals surface area contributed by atoms with E-state index in [4.69, 9.17) is 4.98 Å². The second-order valence-corrected chi connectivity index (χ2v) is 7.79. The van der Waals surface area contributed by atoms with E-state index in [-0.39, 0.29) is 18.0 Å². The van der Waals surface area contributed by atoms with Gasteiger partial charge in [-0.2, -0.15) is 0 Å². The van der Waals surface area contributed by atoms with Crippen LogP contribution >= 0.6 is 0 Å². The molecule has 0 atom stereocenters. The van der Waals surface area contributed by atoms with Gasteiger partial charge >= 0.3 is 6.03 Å². The zero-order valence-corrected chi connectivity index (χ0v) is 16.6. The van der Waals surface area contributed by atoms with Crippen molar-refractivity contribution in [3.05, 3.63) is 22.9 Å². The number of nitrogens with zero attached hydrogens (tertiary/aromatic N) is 2. The van der Waals surface area contributed by atoms with Crippen LogP contribution in [0.25, 0.3) is 0 Å². The highest BCUT2D eigenvalue weighted by Crippen LogP contribution is 2.23. The van der Waals surface area contributed by atoms with Gasteiger partial charge in [0.25, 0.3) is 5.91 Å². The monoisotopic (exact) mass is 373 g/mol. The third-order valence-electron chi connectivity index (χ3n) is 5.33. The minimum atomic E-state index is -0.145. The van der Waals surface area contributed by atoms with Crippen molar-refractivity contribution in [3.63, 3.8) is 0 Å². The normalized spacial score (nSPS) is 17.4. The molecule has 1 aliphatic carbocycles. The molecule has 27 heavy (non-hydrogen) atoms. The Morgan fingerprint density at radius 2 is 1.89 bits per heavy atom.